The highest BCUT2D eigenvalue weighted by Crippen LogP contribution is 2.28. The number of hydrogen-bond donors (Lipinski definition) is 2. The molecule has 0 bridgehead atoms. The van der Waals surface area contributed by atoms with Crippen molar-refractivity contribution in [1.82, 2.24) is 4.98 Å². The maximum Gasteiger partial charge on any atom is 0.218 e. The topological polar surface area (TPSA) is 91.0 Å². The number of benzene rings is 1. The zero-order valence-electron chi connectivity index (χ0n) is 15.9. The van der Waals surface area contributed by atoms with E-state index < -0.39 is 0 Å². The maximum absolute atomic E-state index is 6.02. The van der Waals surface area contributed by atoms with Crippen molar-refractivity contribution in [2.45, 2.75) is 26.3 Å². The van der Waals surface area contributed by atoms with E-state index in [9.17, 15) is 0 Å². The fourth-order valence-electron chi connectivity index (χ4n) is 2.25. The van der Waals surface area contributed by atoms with Gasteiger partial charge in [-0.05, 0) is 24.6 Å². The number of aliphatic imine (C=N–C) groups is 1. The zero-order valence-corrected chi connectivity index (χ0v) is 18.2. The van der Waals surface area contributed by atoms with Crippen LogP contribution >= 0.6 is 24.0 Å². The first-order valence-corrected chi connectivity index (χ1v) is 8.53. The first-order valence-electron chi connectivity index (χ1n) is 8.53. The number of aromatic nitrogens is 1. The molecule has 0 spiro atoms. The predicted octanol–water partition coefficient (Wildman–Crippen LogP) is 3.82. The lowest BCUT2D eigenvalue weighted by Crippen LogP contribution is -2.23. The first-order chi connectivity index (χ1) is 12.7. The highest BCUT2D eigenvalue weighted by atomic mass is 127. The average molecular weight is 486 g/mol. The van der Waals surface area contributed by atoms with E-state index in [2.05, 4.69) is 22.2 Å². The van der Waals surface area contributed by atoms with Crippen LogP contribution in [0.5, 0.6) is 17.4 Å². The van der Waals surface area contributed by atoms with E-state index in [1.165, 1.54) is 0 Å². The van der Waals surface area contributed by atoms with Gasteiger partial charge in [-0.2, -0.15) is 0 Å². The Morgan fingerprint density at radius 2 is 2.04 bits per heavy atom. The SMILES string of the molecule is CCCCOc1ncccc1CN=C(N)Nc1cc(OC)ccc1OC.I. The number of hydrogen-bond acceptors (Lipinski definition) is 5. The Bertz CT molecular complexity index is 741. The van der Waals surface area contributed by atoms with Crippen LogP contribution in [0.25, 0.3) is 0 Å². The number of ether oxygens (including phenoxy) is 3. The summed E-state index contributed by atoms with van der Waals surface area (Å²) in [7, 11) is 3.20. The molecule has 148 valence electrons. The highest BCUT2D eigenvalue weighted by molar-refractivity contribution is 14.0. The molecule has 0 aliphatic heterocycles. The monoisotopic (exact) mass is 486 g/mol. The molecule has 3 N–H and O–H groups in total. The third-order valence-electron chi connectivity index (χ3n) is 3.68. The Kier molecular flexibility index (Phi) is 10.3. The van der Waals surface area contributed by atoms with Crippen molar-refractivity contribution >= 4 is 35.6 Å². The first kappa shape index (κ1) is 22.8. The molecule has 0 unspecified atom stereocenters. The zero-order chi connectivity index (χ0) is 18.8. The number of nitrogens with one attached hydrogen (secondary N) is 1. The van der Waals surface area contributed by atoms with Gasteiger partial charge >= 0.3 is 0 Å². The van der Waals surface area contributed by atoms with E-state index in [4.69, 9.17) is 19.9 Å². The molecule has 1 aromatic carbocycles. The van der Waals surface area contributed by atoms with Crippen molar-refractivity contribution in [3.63, 3.8) is 0 Å². The maximum atomic E-state index is 6.02. The molecular formula is C19H27IN4O3. The molecule has 2 aromatic rings. The van der Waals surface area contributed by atoms with Crippen LogP contribution in [0.15, 0.2) is 41.5 Å². The summed E-state index contributed by atoms with van der Waals surface area (Å²) >= 11 is 0. The molecule has 7 nitrogen and oxygen atoms in total. The summed E-state index contributed by atoms with van der Waals surface area (Å²) in [6.07, 6.45) is 3.76. The fourth-order valence-corrected chi connectivity index (χ4v) is 2.25. The van der Waals surface area contributed by atoms with Gasteiger partial charge in [0.2, 0.25) is 5.88 Å². The number of guanidine groups is 1. The van der Waals surface area contributed by atoms with Crippen LogP contribution < -0.4 is 25.3 Å². The van der Waals surface area contributed by atoms with Crippen molar-refractivity contribution in [2.75, 3.05) is 26.1 Å². The number of anilines is 1. The molecule has 1 heterocycles. The largest absolute Gasteiger partial charge is 0.497 e. The van der Waals surface area contributed by atoms with E-state index in [-0.39, 0.29) is 29.9 Å². The number of methoxy groups -OCH3 is 2. The summed E-state index contributed by atoms with van der Waals surface area (Å²) in [5, 5.41) is 3.04. The highest BCUT2D eigenvalue weighted by Gasteiger charge is 2.07. The number of unbranched alkanes of at least 4 members (excludes halogenated alkanes) is 1. The second-order valence-electron chi connectivity index (χ2n) is 5.56. The van der Waals surface area contributed by atoms with Gasteiger partial charge in [0, 0.05) is 17.8 Å². The number of nitrogens with two attached hydrogens (primary N) is 1. The number of rotatable bonds is 9. The van der Waals surface area contributed by atoms with Crippen LogP contribution in [0.1, 0.15) is 25.3 Å². The Balaban J connectivity index is 0.00000364. The van der Waals surface area contributed by atoms with Crippen LogP contribution in [0.3, 0.4) is 0 Å². The van der Waals surface area contributed by atoms with Gasteiger partial charge in [-0.1, -0.05) is 19.4 Å². The summed E-state index contributed by atoms with van der Waals surface area (Å²) in [5.41, 5.74) is 7.58. The minimum Gasteiger partial charge on any atom is -0.497 e. The van der Waals surface area contributed by atoms with E-state index in [1.54, 1.807) is 32.5 Å². The lowest BCUT2D eigenvalue weighted by Gasteiger charge is -2.12. The summed E-state index contributed by atoms with van der Waals surface area (Å²) < 4.78 is 16.3. The van der Waals surface area contributed by atoms with Crippen molar-refractivity contribution in [1.29, 1.82) is 0 Å². The van der Waals surface area contributed by atoms with E-state index >= 15 is 0 Å². The fraction of sp³-hybridized carbons (Fsp3) is 0.368. The standard InChI is InChI=1S/C19H26N4O3.HI/c1-4-5-11-26-18-14(7-6-10-21-18)13-22-19(20)23-16-12-15(24-2)8-9-17(16)25-3;/h6-10,12H,4-5,11,13H2,1-3H3,(H3,20,22,23);1H. The van der Waals surface area contributed by atoms with Gasteiger partial charge in [0.25, 0.3) is 0 Å². The third kappa shape index (κ3) is 7.12. The second-order valence-corrected chi connectivity index (χ2v) is 5.56. The van der Waals surface area contributed by atoms with Gasteiger partial charge < -0.3 is 25.3 Å². The van der Waals surface area contributed by atoms with E-state index in [1.807, 2.05) is 18.2 Å². The normalized spacial score (nSPS) is 10.7. The molecule has 0 amide bonds. The van der Waals surface area contributed by atoms with Crippen molar-refractivity contribution in [2.24, 2.45) is 10.7 Å². The number of halogens is 1. The summed E-state index contributed by atoms with van der Waals surface area (Å²) in [6, 6.07) is 9.19. The van der Waals surface area contributed by atoms with Gasteiger partial charge in [0.05, 0.1) is 33.1 Å². The van der Waals surface area contributed by atoms with Crippen molar-refractivity contribution < 1.29 is 14.2 Å². The number of pyridine rings is 1. The smallest absolute Gasteiger partial charge is 0.218 e. The van der Waals surface area contributed by atoms with Crippen molar-refractivity contribution in [3.05, 3.63) is 42.1 Å². The summed E-state index contributed by atoms with van der Waals surface area (Å²) in [5.74, 6) is 2.20. The van der Waals surface area contributed by atoms with Gasteiger partial charge in [0.15, 0.2) is 5.96 Å². The molecule has 27 heavy (non-hydrogen) atoms. The van der Waals surface area contributed by atoms with Gasteiger partial charge in [-0.25, -0.2) is 9.98 Å². The molecule has 0 saturated carbocycles. The lowest BCUT2D eigenvalue weighted by molar-refractivity contribution is 0.294. The Morgan fingerprint density at radius 1 is 1.22 bits per heavy atom. The molecule has 0 radical (unpaired) electrons. The Hall–Kier alpha value is -2.23. The van der Waals surface area contributed by atoms with Gasteiger partial charge in [-0.3, -0.25) is 0 Å². The van der Waals surface area contributed by atoms with E-state index in [0.29, 0.717) is 36.2 Å². The molecule has 0 atom stereocenters. The minimum absolute atomic E-state index is 0. The molecule has 2 rings (SSSR count). The van der Waals surface area contributed by atoms with Crippen LogP contribution in [-0.2, 0) is 6.54 Å². The molecule has 8 heteroatoms. The Labute approximate surface area is 177 Å². The quantitative estimate of drug-likeness (QED) is 0.243. The third-order valence-corrected chi connectivity index (χ3v) is 3.68. The molecule has 0 saturated heterocycles. The van der Waals surface area contributed by atoms with Crippen LogP contribution in [-0.4, -0.2) is 31.8 Å². The summed E-state index contributed by atoms with van der Waals surface area (Å²) in [4.78, 5) is 8.65. The van der Waals surface area contributed by atoms with Crippen LogP contribution in [0.2, 0.25) is 0 Å². The van der Waals surface area contributed by atoms with Crippen LogP contribution in [0, 0.1) is 0 Å². The summed E-state index contributed by atoms with van der Waals surface area (Å²) in [6.45, 7) is 3.12. The average Bonchev–Trinajstić information content (AvgIpc) is 2.67. The van der Waals surface area contributed by atoms with E-state index in [0.717, 1.165) is 18.4 Å². The molecule has 0 aliphatic carbocycles. The number of nitrogens with zero attached hydrogens (tertiary/aromatic N) is 2. The second kappa shape index (κ2) is 12.2. The lowest BCUT2D eigenvalue weighted by atomic mass is 10.2. The molecular weight excluding hydrogens is 459 g/mol. The minimum atomic E-state index is 0. The molecule has 0 fully saturated rings. The van der Waals surface area contributed by atoms with Gasteiger partial charge in [0.1, 0.15) is 11.5 Å². The molecule has 0 aliphatic rings. The Morgan fingerprint density at radius 3 is 2.74 bits per heavy atom. The van der Waals surface area contributed by atoms with Gasteiger partial charge in [-0.15, -0.1) is 24.0 Å². The molecule has 1 aromatic heterocycles. The van der Waals surface area contributed by atoms with Crippen LogP contribution in [0.4, 0.5) is 5.69 Å². The predicted molar refractivity (Wildman–Crippen MR) is 119 cm³/mol. The van der Waals surface area contributed by atoms with Crippen molar-refractivity contribution in [3.8, 4) is 17.4 Å².